The van der Waals surface area contributed by atoms with E-state index in [1.54, 1.807) is 32.3 Å². The lowest BCUT2D eigenvalue weighted by Crippen LogP contribution is -2.33. The predicted octanol–water partition coefficient (Wildman–Crippen LogP) is 2.31. The molecule has 0 aromatic heterocycles. The first-order chi connectivity index (χ1) is 11.0. The van der Waals surface area contributed by atoms with E-state index in [0.717, 1.165) is 19.4 Å². The van der Waals surface area contributed by atoms with Crippen LogP contribution in [0.3, 0.4) is 0 Å². The van der Waals surface area contributed by atoms with Gasteiger partial charge in [-0.25, -0.2) is 4.79 Å². The maximum absolute atomic E-state index is 12.0. The minimum Gasteiger partial charge on any atom is -0.345 e. The fraction of sp³-hybridized carbons (Fsp3) is 0.500. The van der Waals surface area contributed by atoms with Crippen molar-refractivity contribution in [1.29, 1.82) is 0 Å². The summed E-state index contributed by atoms with van der Waals surface area (Å²) in [5.41, 5.74) is 0.903. The molecule has 7 heteroatoms. The second kappa shape index (κ2) is 8.17. The van der Waals surface area contributed by atoms with Crippen LogP contribution in [0, 0.1) is 0 Å². The van der Waals surface area contributed by atoms with Crippen molar-refractivity contribution in [2.24, 2.45) is 0 Å². The lowest BCUT2D eigenvalue weighted by atomic mass is 10.1. The molecule has 1 aliphatic heterocycles. The van der Waals surface area contributed by atoms with Crippen molar-refractivity contribution in [1.82, 2.24) is 15.5 Å². The molecule has 1 heterocycles. The van der Waals surface area contributed by atoms with E-state index in [1.807, 2.05) is 0 Å². The molecule has 1 fully saturated rings. The zero-order valence-electron chi connectivity index (χ0n) is 13.5. The summed E-state index contributed by atoms with van der Waals surface area (Å²) in [5, 5.41) is 9.31. The highest BCUT2D eigenvalue weighted by Crippen LogP contribution is 2.21. The first kappa shape index (κ1) is 17.6. The van der Waals surface area contributed by atoms with E-state index in [1.165, 1.54) is 11.3 Å². The number of nitrogens with one attached hydrogen (secondary N) is 3. The molecule has 2 rings (SSSR count). The maximum atomic E-state index is 12.0. The van der Waals surface area contributed by atoms with Crippen molar-refractivity contribution in [3.05, 3.63) is 28.8 Å². The maximum Gasteiger partial charge on any atom is 0.319 e. The van der Waals surface area contributed by atoms with E-state index in [0.29, 0.717) is 28.9 Å². The summed E-state index contributed by atoms with van der Waals surface area (Å²) < 4.78 is 0. The molecule has 0 spiro atoms. The van der Waals surface area contributed by atoms with Crippen molar-refractivity contribution < 1.29 is 9.59 Å². The summed E-state index contributed by atoms with van der Waals surface area (Å²) in [6, 6.07) is 5.08. The minimum absolute atomic E-state index is 0.202. The Morgan fingerprint density at radius 2 is 2.17 bits per heavy atom. The first-order valence-corrected chi connectivity index (χ1v) is 8.14. The van der Waals surface area contributed by atoms with Crippen molar-refractivity contribution in [3.63, 3.8) is 0 Å². The summed E-state index contributed by atoms with van der Waals surface area (Å²) in [5.74, 6) is -0.202. The minimum atomic E-state index is -0.284. The van der Waals surface area contributed by atoms with Gasteiger partial charge in [-0.3, -0.25) is 4.79 Å². The van der Waals surface area contributed by atoms with E-state index in [4.69, 9.17) is 11.6 Å². The summed E-state index contributed by atoms with van der Waals surface area (Å²) in [6.07, 6.45) is 3.28. The van der Waals surface area contributed by atoms with Crippen LogP contribution in [0.2, 0.25) is 5.02 Å². The van der Waals surface area contributed by atoms with E-state index in [-0.39, 0.29) is 11.9 Å². The highest BCUT2D eigenvalue weighted by atomic mass is 35.5. The fourth-order valence-electron chi connectivity index (χ4n) is 2.55. The first-order valence-electron chi connectivity index (χ1n) is 7.77. The van der Waals surface area contributed by atoms with Gasteiger partial charge in [0.25, 0.3) is 5.91 Å². The number of halogens is 1. The largest absolute Gasteiger partial charge is 0.345 e. The van der Waals surface area contributed by atoms with E-state index in [9.17, 15) is 9.59 Å². The Hall–Kier alpha value is -1.79. The molecule has 0 unspecified atom stereocenters. The van der Waals surface area contributed by atoms with Crippen LogP contribution in [0.5, 0.6) is 0 Å². The van der Waals surface area contributed by atoms with E-state index < -0.39 is 0 Å². The van der Waals surface area contributed by atoms with Gasteiger partial charge < -0.3 is 20.9 Å². The lowest BCUT2D eigenvalue weighted by molar-refractivity contribution is 0.0828. The Labute approximate surface area is 141 Å². The van der Waals surface area contributed by atoms with Gasteiger partial charge in [-0.2, -0.15) is 0 Å². The standard InChI is InChI=1S/C16H23ClN4O2/c1-21(2)15(22)13-10-12(5-6-14(13)17)20-16(23)19-9-7-11-4-3-8-18-11/h5-6,10-11,18H,3-4,7-9H2,1-2H3,(H2,19,20,23)/t11-/m1/s1. The molecule has 1 saturated heterocycles. The molecule has 0 saturated carbocycles. The quantitative estimate of drug-likeness (QED) is 0.771. The van der Waals surface area contributed by atoms with Gasteiger partial charge in [0.2, 0.25) is 0 Å². The lowest BCUT2D eigenvalue weighted by Gasteiger charge is -2.14. The third-order valence-electron chi connectivity index (χ3n) is 3.80. The molecule has 3 N–H and O–H groups in total. The van der Waals surface area contributed by atoms with Gasteiger partial charge >= 0.3 is 6.03 Å². The zero-order valence-corrected chi connectivity index (χ0v) is 14.2. The van der Waals surface area contributed by atoms with Crippen molar-refractivity contribution in [2.45, 2.75) is 25.3 Å². The van der Waals surface area contributed by atoms with E-state index >= 15 is 0 Å². The molecule has 3 amide bonds. The number of nitrogens with zero attached hydrogens (tertiary/aromatic N) is 1. The van der Waals surface area contributed by atoms with Gasteiger partial charge in [0.05, 0.1) is 10.6 Å². The highest BCUT2D eigenvalue weighted by molar-refractivity contribution is 6.34. The van der Waals surface area contributed by atoms with Gasteiger partial charge in [-0.15, -0.1) is 0 Å². The number of benzene rings is 1. The smallest absolute Gasteiger partial charge is 0.319 e. The molecular weight excluding hydrogens is 316 g/mol. The Morgan fingerprint density at radius 1 is 1.39 bits per heavy atom. The van der Waals surface area contributed by atoms with Crippen molar-refractivity contribution >= 4 is 29.2 Å². The van der Waals surface area contributed by atoms with Gasteiger partial charge in [0.1, 0.15) is 0 Å². The van der Waals surface area contributed by atoms with Gasteiger partial charge in [-0.1, -0.05) is 11.6 Å². The topological polar surface area (TPSA) is 73.5 Å². The molecule has 1 atom stereocenters. The SMILES string of the molecule is CN(C)C(=O)c1cc(NC(=O)NCC[C@H]2CCCN2)ccc1Cl. The summed E-state index contributed by atoms with van der Waals surface area (Å²) in [6.45, 7) is 1.67. The second-order valence-electron chi connectivity index (χ2n) is 5.86. The van der Waals surface area contributed by atoms with Crippen LogP contribution in [0.1, 0.15) is 29.6 Å². The van der Waals surface area contributed by atoms with Gasteiger partial charge in [0.15, 0.2) is 0 Å². The molecule has 1 aromatic carbocycles. The predicted molar refractivity (Wildman–Crippen MR) is 92.1 cm³/mol. The Balaban J connectivity index is 1.87. The Kier molecular flexibility index (Phi) is 6.24. The highest BCUT2D eigenvalue weighted by Gasteiger charge is 2.15. The molecular formula is C16H23ClN4O2. The molecule has 6 nitrogen and oxygen atoms in total. The Morgan fingerprint density at radius 3 is 2.83 bits per heavy atom. The molecule has 0 radical (unpaired) electrons. The number of amides is 3. The summed E-state index contributed by atoms with van der Waals surface area (Å²) >= 11 is 6.05. The van der Waals surface area contributed by atoms with Crippen LogP contribution < -0.4 is 16.0 Å². The molecule has 0 aliphatic carbocycles. The van der Waals surface area contributed by atoms with Crippen LogP contribution >= 0.6 is 11.6 Å². The van der Waals surface area contributed by atoms with Crippen LogP contribution in [-0.4, -0.2) is 50.1 Å². The molecule has 23 heavy (non-hydrogen) atoms. The number of anilines is 1. The number of hydrogen-bond donors (Lipinski definition) is 3. The second-order valence-corrected chi connectivity index (χ2v) is 6.26. The van der Waals surface area contributed by atoms with Crippen molar-refractivity contribution in [2.75, 3.05) is 32.5 Å². The van der Waals surface area contributed by atoms with Crippen LogP contribution in [0.4, 0.5) is 10.5 Å². The Bertz CT molecular complexity index is 571. The molecule has 126 valence electrons. The van der Waals surface area contributed by atoms with Crippen LogP contribution in [0.25, 0.3) is 0 Å². The number of carbonyl (C=O) groups excluding carboxylic acids is 2. The summed E-state index contributed by atoms with van der Waals surface area (Å²) in [7, 11) is 3.31. The summed E-state index contributed by atoms with van der Waals surface area (Å²) in [4.78, 5) is 25.4. The third kappa shape index (κ3) is 5.11. The third-order valence-corrected chi connectivity index (χ3v) is 4.13. The number of carbonyl (C=O) groups is 2. The number of hydrogen-bond acceptors (Lipinski definition) is 3. The average molecular weight is 339 g/mol. The van der Waals surface area contributed by atoms with Gasteiger partial charge in [0, 0.05) is 32.4 Å². The van der Waals surface area contributed by atoms with Crippen molar-refractivity contribution in [3.8, 4) is 0 Å². The van der Waals surface area contributed by atoms with Gasteiger partial charge in [-0.05, 0) is 44.0 Å². The monoisotopic (exact) mass is 338 g/mol. The van der Waals surface area contributed by atoms with Crippen LogP contribution in [0.15, 0.2) is 18.2 Å². The van der Waals surface area contributed by atoms with E-state index in [2.05, 4.69) is 16.0 Å². The molecule has 0 bridgehead atoms. The zero-order chi connectivity index (χ0) is 16.8. The average Bonchev–Trinajstić information content (AvgIpc) is 3.01. The number of rotatable bonds is 5. The normalized spacial score (nSPS) is 16.9. The number of urea groups is 1. The van der Waals surface area contributed by atoms with Crippen LogP contribution in [-0.2, 0) is 0 Å². The fourth-order valence-corrected chi connectivity index (χ4v) is 2.74. The molecule has 1 aromatic rings. The molecule has 1 aliphatic rings.